The van der Waals surface area contributed by atoms with Crippen molar-refractivity contribution in [1.82, 2.24) is 10.2 Å². The highest BCUT2D eigenvalue weighted by molar-refractivity contribution is 7.92. The Kier molecular flexibility index (Phi) is 6.29. The quantitative estimate of drug-likeness (QED) is 0.439. The third-order valence-electron chi connectivity index (χ3n) is 4.69. The highest BCUT2D eigenvalue weighted by atomic mass is 32.2. The molecule has 162 valence electrons. The van der Waals surface area contributed by atoms with Gasteiger partial charge in [-0.05, 0) is 30.7 Å². The molecule has 32 heavy (non-hydrogen) atoms. The number of benzene rings is 3. The second-order valence-electron chi connectivity index (χ2n) is 6.94. The van der Waals surface area contributed by atoms with E-state index in [9.17, 15) is 13.2 Å². The van der Waals surface area contributed by atoms with Crippen LogP contribution in [0.5, 0.6) is 0 Å². The molecule has 0 radical (unpaired) electrons. The lowest BCUT2D eigenvalue weighted by Crippen LogP contribution is -2.38. The number of para-hydroxylation sites is 1. The molecule has 0 aliphatic rings. The van der Waals surface area contributed by atoms with E-state index in [1.807, 2.05) is 36.4 Å². The molecule has 0 aliphatic heterocycles. The number of sulfonamides is 1. The summed E-state index contributed by atoms with van der Waals surface area (Å²) in [6, 6.07) is 24.6. The van der Waals surface area contributed by atoms with E-state index in [2.05, 4.69) is 15.5 Å². The van der Waals surface area contributed by atoms with E-state index >= 15 is 0 Å². The van der Waals surface area contributed by atoms with Gasteiger partial charge in [-0.25, -0.2) is 8.42 Å². The minimum atomic E-state index is -3.96. The fourth-order valence-corrected chi connectivity index (χ4v) is 5.39. The molecule has 0 saturated heterocycles. The third kappa shape index (κ3) is 4.68. The molecule has 0 aliphatic carbocycles. The monoisotopic (exact) mass is 464 g/mol. The molecule has 1 amide bonds. The van der Waals surface area contributed by atoms with Crippen LogP contribution in [0.1, 0.15) is 5.56 Å². The normalized spacial score (nSPS) is 11.2. The van der Waals surface area contributed by atoms with Crippen LogP contribution in [0.25, 0.3) is 10.6 Å². The number of carbonyl (C=O) groups excluding carboxylic acids is 1. The molecular formula is C23H20N4O3S2. The van der Waals surface area contributed by atoms with Crippen molar-refractivity contribution in [3.63, 3.8) is 0 Å². The zero-order valence-electron chi connectivity index (χ0n) is 17.2. The van der Waals surface area contributed by atoms with Crippen molar-refractivity contribution in [2.45, 2.75) is 11.8 Å². The number of aryl methyl sites for hydroxylation is 1. The van der Waals surface area contributed by atoms with Gasteiger partial charge in [-0.15, -0.1) is 10.2 Å². The summed E-state index contributed by atoms with van der Waals surface area (Å²) in [6.45, 7) is 1.40. The van der Waals surface area contributed by atoms with Gasteiger partial charge in [0.1, 0.15) is 11.6 Å². The Morgan fingerprint density at radius 2 is 1.53 bits per heavy atom. The Balaban J connectivity index is 1.60. The standard InChI is InChI=1S/C23H20N4O3S2/c1-17-10-8-9-15-20(17)27(32(29,30)19-13-6-3-7-14-19)16-21(28)24-23-26-25-22(31-23)18-11-4-2-5-12-18/h2-15H,16H2,1H3,(H,24,26,28). The molecule has 7 nitrogen and oxygen atoms in total. The van der Waals surface area contributed by atoms with Crippen LogP contribution in [0.4, 0.5) is 10.8 Å². The Bertz CT molecular complexity index is 1320. The first-order valence-electron chi connectivity index (χ1n) is 9.77. The predicted octanol–water partition coefficient (Wildman–Crippen LogP) is 4.35. The molecule has 1 aromatic heterocycles. The van der Waals surface area contributed by atoms with E-state index in [4.69, 9.17) is 0 Å². The number of aromatic nitrogens is 2. The van der Waals surface area contributed by atoms with Crippen LogP contribution in [0, 0.1) is 6.92 Å². The Morgan fingerprint density at radius 3 is 2.22 bits per heavy atom. The molecular weight excluding hydrogens is 444 g/mol. The summed E-state index contributed by atoms with van der Waals surface area (Å²) in [5, 5.41) is 11.8. The summed E-state index contributed by atoms with van der Waals surface area (Å²) in [5.74, 6) is -0.511. The number of hydrogen-bond donors (Lipinski definition) is 1. The van der Waals surface area contributed by atoms with E-state index in [-0.39, 0.29) is 4.90 Å². The highest BCUT2D eigenvalue weighted by Crippen LogP contribution is 2.28. The third-order valence-corrected chi connectivity index (χ3v) is 7.36. The molecule has 0 unspecified atom stereocenters. The number of hydrogen-bond acceptors (Lipinski definition) is 6. The minimum Gasteiger partial charge on any atom is -0.299 e. The van der Waals surface area contributed by atoms with Crippen molar-refractivity contribution in [2.75, 3.05) is 16.2 Å². The molecule has 9 heteroatoms. The van der Waals surface area contributed by atoms with Crippen LogP contribution in [0.3, 0.4) is 0 Å². The summed E-state index contributed by atoms with van der Waals surface area (Å²) >= 11 is 1.22. The van der Waals surface area contributed by atoms with Gasteiger partial charge >= 0.3 is 0 Å². The van der Waals surface area contributed by atoms with Crippen LogP contribution in [-0.4, -0.2) is 31.1 Å². The molecule has 0 saturated carbocycles. The molecule has 0 atom stereocenters. The van der Waals surface area contributed by atoms with Crippen LogP contribution in [0.2, 0.25) is 0 Å². The maximum absolute atomic E-state index is 13.4. The topological polar surface area (TPSA) is 92.3 Å². The van der Waals surface area contributed by atoms with Crippen molar-refractivity contribution < 1.29 is 13.2 Å². The second kappa shape index (κ2) is 9.29. The fourth-order valence-electron chi connectivity index (χ4n) is 3.12. The van der Waals surface area contributed by atoms with Crippen LogP contribution < -0.4 is 9.62 Å². The average Bonchev–Trinajstić information content (AvgIpc) is 3.27. The zero-order valence-corrected chi connectivity index (χ0v) is 18.8. The number of rotatable bonds is 7. The molecule has 3 aromatic carbocycles. The highest BCUT2D eigenvalue weighted by Gasteiger charge is 2.28. The molecule has 0 fully saturated rings. The number of nitrogens with zero attached hydrogens (tertiary/aromatic N) is 3. The zero-order chi connectivity index (χ0) is 22.6. The molecule has 1 N–H and O–H groups in total. The van der Waals surface area contributed by atoms with Gasteiger partial charge in [-0.1, -0.05) is 78.1 Å². The van der Waals surface area contributed by atoms with Gasteiger partial charge in [0.25, 0.3) is 10.0 Å². The van der Waals surface area contributed by atoms with Gasteiger partial charge < -0.3 is 0 Å². The molecule has 4 aromatic rings. The Hall–Kier alpha value is -3.56. The maximum Gasteiger partial charge on any atom is 0.264 e. The summed E-state index contributed by atoms with van der Waals surface area (Å²) in [6.07, 6.45) is 0. The number of anilines is 2. The van der Waals surface area contributed by atoms with Crippen molar-refractivity contribution in [2.24, 2.45) is 0 Å². The van der Waals surface area contributed by atoms with Crippen molar-refractivity contribution in [3.8, 4) is 10.6 Å². The van der Waals surface area contributed by atoms with E-state index < -0.39 is 22.5 Å². The Labute approximate surface area is 190 Å². The fraction of sp³-hybridized carbons (Fsp3) is 0.0870. The molecule has 0 spiro atoms. The van der Waals surface area contributed by atoms with E-state index in [0.29, 0.717) is 15.8 Å². The summed E-state index contributed by atoms with van der Waals surface area (Å²) < 4.78 is 27.9. The molecule has 0 bridgehead atoms. The first-order chi connectivity index (χ1) is 15.4. The van der Waals surface area contributed by atoms with Crippen molar-refractivity contribution in [1.29, 1.82) is 0 Å². The first kappa shape index (κ1) is 21.7. The lowest BCUT2D eigenvalue weighted by atomic mass is 10.2. The average molecular weight is 465 g/mol. The van der Waals surface area contributed by atoms with Crippen LogP contribution in [-0.2, 0) is 14.8 Å². The number of carbonyl (C=O) groups is 1. The summed E-state index contributed by atoms with van der Waals surface area (Å²) in [5.41, 5.74) is 2.06. The number of amides is 1. The molecule has 4 rings (SSSR count). The largest absolute Gasteiger partial charge is 0.299 e. The van der Waals surface area contributed by atoms with Crippen molar-refractivity contribution >= 4 is 38.1 Å². The van der Waals surface area contributed by atoms with E-state index in [0.717, 1.165) is 15.4 Å². The lowest BCUT2D eigenvalue weighted by Gasteiger charge is -2.25. The first-order valence-corrected chi connectivity index (χ1v) is 12.0. The van der Waals surface area contributed by atoms with Crippen molar-refractivity contribution in [3.05, 3.63) is 90.5 Å². The summed E-state index contributed by atoms with van der Waals surface area (Å²) in [7, 11) is -3.96. The van der Waals surface area contributed by atoms with Gasteiger partial charge in [0, 0.05) is 5.56 Å². The second-order valence-corrected chi connectivity index (χ2v) is 9.78. The summed E-state index contributed by atoms with van der Waals surface area (Å²) in [4.78, 5) is 13.0. The van der Waals surface area contributed by atoms with Gasteiger partial charge in [0.2, 0.25) is 11.0 Å². The SMILES string of the molecule is Cc1ccccc1N(CC(=O)Nc1nnc(-c2ccccc2)s1)S(=O)(=O)c1ccccc1. The lowest BCUT2D eigenvalue weighted by molar-refractivity contribution is -0.114. The molecule has 1 heterocycles. The minimum absolute atomic E-state index is 0.110. The van der Waals surface area contributed by atoms with E-state index in [1.54, 1.807) is 43.3 Å². The smallest absolute Gasteiger partial charge is 0.264 e. The van der Waals surface area contributed by atoms with Gasteiger partial charge in [0.15, 0.2) is 0 Å². The van der Waals surface area contributed by atoms with Gasteiger partial charge in [0.05, 0.1) is 10.6 Å². The predicted molar refractivity (Wildman–Crippen MR) is 126 cm³/mol. The van der Waals surface area contributed by atoms with Crippen LogP contribution >= 0.6 is 11.3 Å². The van der Waals surface area contributed by atoms with Gasteiger partial charge in [-0.3, -0.25) is 14.4 Å². The Morgan fingerprint density at radius 1 is 0.906 bits per heavy atom. The van der Waals surface area contributed by atoms with E-state index in [1.165, 1.54) is 23.5 Å². The maximum atomic E-state index is 13.4. The van der Waals surface area contributed by atoms with Crippen LogP contribution in [0.15, 0.2) is 89.8 Å². The van der Waals surface area contributed by atoms with Gasteiger partial charge in [-0.2, -0.15) is 0 Å². The number of nitrogens with one attached hydrogen (secondary N) is 1.